The summed E-state index contributed by atoms with van der Waals surface area (Å²) >= 11 is 0. The molecule has 0 radical (unpaired) electrons. The van der Waals surface area contributed by atoms with Crippen LogP contribution in [0.4, 0.5) is 0 Å². The molecule has 1 atom stereocenters. The van der Waals surface area contributed by atoms with Gasteiger partial charge in [0, 0.05) is 0 Å². The summed E-state index contributed by atoms with van der Waals surface area (Å²) in [5.74, 6) is 1.50. The van der Waals surface area contributed by atoms with Crippen molar-refractivity contribution < 1.29 is 0 Å². The van der Waals surface area contributed by atoms with Crippen LogP contribution in [0.5, 0.6) is 0 Å². The minimum Gasteiger partial charge on any atom is -0.330 e. The molecule has 0 aromatic carbocycles. The average molecular weight is 115 g/mol. The molecular formula is C7H17N. The van der Waals surface area contributed by atoms with E-state index < -0.39 is 0 Å². The molecule has 0 spiro atoms. The van der Waals surface area contributed by atoms with Gasteiger partial charge in [0.05, 0.1) is 0 Å². The molecule has 0 aliphatic carbocycles. The largest absolute Gasteiger partial charge is 0.330 e. The van der Waals surface area contributed by atoms with Gasteiger partial charge in [-0.25, -0.2) is 0 Å². The molecule has 50 valence electrons. The minimum absolute atomic E-state index is 0.704. The first-order chi connectivity index (χ1) is 3.66. The molecule has 0 fully saturated rings. The summed E-state index contributed by atoms with van der Waals surface area (Å²) < 4.78 is 0. The van der Waals surface area contributed by atoms with Crippen molar-refractivity contribution in [2.45, 2.75) is 27.2 Å². The Labute approximate surface area is 52.3 Å². The lowest BCUT2D eigenvalue weighted by molar-refractivity contribution is 0.447. The SMILES string of the molecule is CC(C)C[C@@H](C)CN. The zero-order chi connectivity index (χ0) is 6.57. The topological polar surface area (TPSA) is 26.0 Å². The van der Waals surface area contributed by atoms with Crippen LogP contribution in [0.1, 0.15) is 27.2 Å². The maximum Gasteiger partial charge on any atom is -0.00514 e. The van der Waals surface area contributed by atoms with Gasteiger partial charge in [-0.15, -0.1) is 0 Å². The Morgan fingerprint density at radius 1 is 1.25 bits per heavy atom. The summed E-state index contributed by atoms with van der Waals surface area (Å²) in [5, 5.41) is 0. The van der Waals surface area contributed by atoms with E-state index in [9.17, 15) is 0 Å². The molecule has 0 aliphatic rings. The summed E-state index contributed by atoms with van der Waals surface area (Å²) in [5.41, 5.74) is 5.42. The van der Waals surface area contributed by atoms with Crippen molar-refractivity contribution in [3.05, 3.63) is 0 Å². The van der Waals surface area contributed by atoms with E-state index in [0.717, 1.165) is 12.5 Å². The molecule has 1 nitrogen and oxygen atoms in total. The van der Waals surface area contributed by atoms with Gasteiger partial charge in [-0.3, -0.25) is 0 Å². The average Bonchev–Trinajstić information content (AvgIpc) is 1.65. The molecule has 0 aliphatic heterocycles. The lowest BCUT2D eigenvalue weighted by Gasteiger charge is -2.09. The van der Waals surface area contributed by atoms with Crippen molar-refractivity contribution in [2.24, 2.45) is 17.6 Å². The number of rotatable bonds is 3. The Hall–Kier alpha value is -0.0400. The van der Waals surface area contributed by atoms with Crippen LogP contribution in [0.2, 0.25) is 0 Å². The molecule has 0 heterocycles. The van der Waals surface area contributed by atoms with Crippen LogP contribution in [0.15, 0.2) is 0 Å². The quantitative estimate of drug-likeness (QED) is 0.594. The highest BCUT2D eigenvalue weighted by Gasteiger charge is 2.00. The van der Waals surface area contributed by atoms with Gasteiger partial charge in [0.25, 0.3) is 0 Å². The van der Waals surface area contributed by atoms with Crippen molar-refractivity contribution in [3.8, 4) is 0 Å². The lowest BCUT2D eigenvalue weighted by Crippen LogP contribution is -2.12. The van der Waals surface area contributed by atoms with E-state index >= 15 is 0 Å². The number of hydrogen-bond acceptors (Lipinski definition) is 1. The second-order valence-electron chi connectivity index (χ2n) is 2.97. The van der Waals surface area contributed by atoms with Crippen LogP contribution in [-0.4, -0.2) is 6.54 Å². The predicted molar refractivity (Wildman–Crippen MR) is 37.7 cm³/mol. The lowest BCUT2D eigenvalue weighted by atomic mass is 9.99. The van der Waals surface area contributed by atoms with Gasteiger partial charge in [0.2, 0.25) is 0 Å². The Bertz CT molecular complexity index is 50.3. The van der Waals surface area contributed by atoms with E-state index in [1.165, 1.54) is 6.42 Å². The van der Waals surface area contributed by atoms with E-state index in [1.807, 2.05) is 0 Å². The zero-order valence-electron chi connectivity index (χ0n) is 6.15. The molecule has 2 N–H and O–H groups in total. The monoisotopic (exact) mass is 115 g/mol. The fourth-order valence-electron chi connectivity index (χ4n) is 0.901. The second kappa shape index (κ2) is 3.90. The molecule has 8 heavy (non-hydrogen) atoms. The fraction of sp³-hybridized carbons (Fsp3) is 1.00. The van der Waals surface area contributed by atoms with E-state index in [2.05, 4.69) is 20.8 Å². The first-order valence-electron chi connectivity index (χ1n) is 3.37. The van der Waals surface area contributed by atoms with Crippen molar-refractivity contribution in [1.29, 1.82) is 0 Å². The summed E-state index contributed by atoms with van der Waals surface area (Å²) in [6, 6.07) is 0. The summed E-state index contributed by atoms with van der Waals surface area (Å²) in [4.78, 5) is 0. The third-order valence-electron chi connectivity index (χ3n) is 1.28. The van der Waals surface area contributed by atoms with Gasteiger partial charge in [0.1, 0.15) is 0 Å². The van der Waals surface area contributed by atoms with Gasteiger partial charge in [-0.1, -0.05) is 20.8 Å². The molecule has 0 unspecified atom stereocenters. The highest BCUT2D eigenvalue weighted by molar-refractivity contribution is 4.54. The summed E-state index contributed by atoms with van der Waals surface area (Å²) in [7, 11) is 0. The van der Waals surface area contributed by atoms with E-state index in [1.54, 1.807) is 0 Å². The van der Waals surface area contributed by atoms with Crippen LogP contribution in [0.3, 0.4) is 0 Å². The third-order valence-corrected chi connectivity index (χ3v) is 1.28. The van der Waals surface area contributed by atoms with Crippen molar-refractivity contribution in [2.75, 3.05) is 6.54 Å². The molecule has 0 aromatic heterocycles. The van der Waals surface area contributed by atoms with Crippen molar-refractivity contribution >= 4 is 0 Å². The molecule has 0 saturated carbocycles. The van der Waals surface area contributed by atoms with Crippen LogP contribution < -0.4 is 5.73 Å². The first-order valence-corrected chi connectivity index (χ1v) is 3.37. The maximum absolute atomic E-state index is 5.42. The van der Waals surface area contributed by atoms with Gasteiger partial charge in [0.15, 0.2) is 0 Å². The third kappa shape index (κ3) is 4.13. The van der Waals surface area contributed by atoms with Gasteiger partial charge < -0.3 is 5.73 Å². The molecular weight excluding hydrogens is 98.1 g/mol. The van der Waals surface area contributed by atoms with Crippen molar-refractivity contribution in [3.63, 3.8) is 0 Å². The van der Waals surface area contributed by atoms with Crippen LogP contribution in [-0.2, 0) is 0 Å². The smallest absolute Gasteiger partial charge is 0.00514 e. The first kappa shape index (κ1) is 7.96. The molecule has 1 heteroatoms. The minimum atomic E-state index is 0.704. The maximum atomic E-state index is 5.42. The van der Waals surface area contributed by atoms with Gasteiger partial charge >= 0.3 is 0 Å². The van der Waals surface area contributed by atoms with Gasteiger partial charge in [-0.05, 0) is 24.8 Å². The Balaban J connectivity index is 3.10. The Morgan fingerprint density at radius 2 is 1.75 bits per heavy atom. The number of nitrogens with two attached hydrogens (primary N) is 1. The highest BCUT2D eigenvalue weighted by Crippen LogP contribution is 2.08. The Morgan fingerprint density at radius 3 is 1.88 bits per heavy atom. The normalized spacial score (nSPS) is 14.6. The second-order valence-corrected chi connectivity index (χ2v) is 2.97. The molecule has 0 rings (SSSR count). The van der Waals surface area contributed by atoms with E-state index in [4.69, 9.17) is 5.73 Å². The van der Waals surface area contributed by atoms with Crippen LogP contribution in [0.25, 0.3) is 0 Å². The van der Waals surface area contributed by atoms with Gasteiger partial charge in [-0.2, -0.15) is 0 Å². The zero-order valence-corrected chi connectivity index (χ0v) is 6.15. The highest BCUT2D eigenvalue weighted by atomic mass is 14.5. The molecule has 0 aromatic rings. The Kier molecular flexibility index (Phi) is 3.88. The van der Waals surface area contributed by atoms with Crippen LogP contribution >= 0.6 is 0 Å². The van der Waals surface area contributed by atoms with Crippen LogP contribution in [0, 0.1) is 11.8 Å². The van der Waals surface area contributed by atoms with E-state index in [0.29, 0.717) is 5.92 Å². The summed E-state index contributed by atoms with van der Waals surface area (Å²) in [6.07, 6.45) is 1.26. The predicted octanol–water partition coefficient (Wildman–Crippen LogP) is 1.63. The standard InChI is InChI=1S/C7H17N/c1-6(2)4-7(3)5-8/h6-7H,4-5,8H2,1-3H3/t7-/m1/s1. The fourth-order valence-corrected chi connectivity index (χ4v) is 0.901. The summed E-state index contributed by atoms with van der Waals surface area (Å²) in [6.45, 7) is 7.48. The van der Waals surface area contributed by atoms with Crippen molar-refractivity contribution in [1.82, 2.24) is 0 Å². The number of hydrogen-bond donors (Lipinski definition) is 1. The molecule has 0 bridgehead atoms. The molecule has 0 saturated heterocycles. The molecule has 0 amide bonds. The van der Waals surface area contributed by atoms with E-state index in [-0.39, 0.29) is 0 Å².